The summed E-state index contributed by atoms with van der Waals surface area (Å²) in [4.78, 5) is 0. The molecule has 0 aliphatic rings. The summed E-state index contributed by atoms with van der Waals surface area (Å²) >= 11 is 0. The van der Waals surface area contributed by atoms with Crippen LogP contribution in [0.15, 0.2) is 0 Å². The van der Waals surface area contributed by atoms with Crippen LogP contribution in [0.2, 0.25) is 0 Å². The van der Waals surface area contributed by atoms with Crippen LogP contribution in [0.5, 0.6) is 0 Å². The van der Waals surface area contributed by atoms with E-state index in [-0.39, 0.29) is 0 Å². The molecule has 0 aromatic carbocycles. The quantitative estimate of drug-likeness (QED) is 0.109. The van der Waals surface area contributed by atoms with Gasteiger partial charge in [0.1, 0.15) is 0 Å². The van der Waals surface area contributed by atoms with Gasteiger partial charge in [-0.15, -0.1) is 0 Å². The van der Waals surface area contributed by atoms with Crippen molar-refractivity contribution in [1.29, 1.82) is 0 Å². The Kier molecular flexibility index (Phi) is 27.2. The smallest absolute Gasteiger partial charge is 0.0386 e. The molecule has 0 fully saturated rings. The van der Waals surface area contributed by atoms with Crippen molar-refractivity contribution in [2.45, 2.75) is 195 Å². The molecule has 2 atom stereocenters. The molecule has 0 spiro atoms. The van der Waals surface area contributed by atoms with Crippen LogP contribution in [-0.2, 0) is 0 Å². The van der Waals surface area contributed by atoms with Crippen molar-refractivity contribution in [3.05, 3.63) is 0 Å². The Morgan fingerprint density at radius 1 is 0.250 bits per heavy atom. The highest BCUT2D eigenvalue weighted by atomic mass is 14.3. The lowest BCUT2D eigenvalue weighted by Gasteiger charge is -2.28. The Hall–Kier alpha value is 0. The van der Waals surface area contributed by atoms with Gasteiger partial charge >= 0.3 is 0 Å². The number of hydrogen-bond donors (Lipinski definition) is 0. The molecule has 0 heterocycles. The Bertz CT molecular complexity index is 320. The summed E-state index contributed by atoms with van der Waals surface area (Å²) in [6.45, 7) is 9.38. The van der Waals surface area contributed by atoms with Crippen LogP contribution in [-0.4, -0.2) is 0 Å². The summed E-state index contributed by atoms with van der Waals surface area (Å²) in [5.74, 6) is 2.06. The van der Waals surface area contributed by atoms with Gasteiger partial charge in [-0.25, -0.2) is 0 Å². The Morgan fingerprint density at radius 3 is 0.750 bits per heavy atom. The summed E-state index contributed by atoms with van der Waals surface area (Å²) in [7, 11) is 0. The minimum atomic E-state index is 1.03. The number of unbranched alkanes of at least 4 members (excludes halogenated alkanes) is 18. The van der Waals surface area contributed by atoms with E-state index in [2.05, 4.69) is 27.7 Å². The second kappa shape index (κ2) is 27.2. The molecule has 0 saturated carbocycles. The van der Waals surface area contributed by atoms with Crippen LogP contribution in [0.1, 0.15) is 195 Å². The van der Waals surface area contributed by atoms with Crippen LogP contribution in [0.3, 0.4) is 0 Å². The van der Waals surface area contributed by atoms with Crippen molar-refractivity contribution in [2.75, 3.05) is 0 Å². The molecule has 0 amide bonds. The number of hydrogen-bond acceptors (Lipinski definition) is 0. The van der Waals surface area contributed by atoms with E-state index in [0.29, 0.717) is 0 Å². The molecule has 0 aliphatic heterocycles. The molecule has 0 aromatic heterocycles. The third-order valence-corrected chi connectivity index (χ3v) is 7.88. The maximum absolute atomic E-state index is 2.39. The molecule has 2 unspecified atom stereocenters. The van der Waals surface area contributed by atoms with E-state index < -0.39 is 0 Å². The summed E-state index contributed by atoms with van der Waals surface area (Å²) in [6, 6.07) is 0. The third-order valence-electron chi connectivity index (χ3n) is 7.88. The van der Waals surface area contributed by atoms with Gasteiger partial charge in [0.15, 0.2) is 0 Å². The fourth-order valence-electron chi connectivity index (χ4n) is 5.61. The van der Waals surface area contributed by atoms with Crippen LogP contribution in [0.4, 0.5) is 0 Å². The van der Waals surface area contributed by atoms with Crippen molar-refractivity contribution in [2.24, 2.45) is 11.8 Å². The Balaban J connectivity index is 4.43. The zero-order chi connectivity index (χ0) is 23.5. The van der Waals surface area contributed by atoms with E-state index in [1.165, 1.54) is 167 Å². The first kappa shape index (κ1) is 32.0. The SMILES string of the molecule is CCCCCCCCCCC(CCCCCCCC)C(CCCC)CCCCCCCC. The van der Waals surface area contributed by atoms with Crippen molar-refractivity contribution in [3.8, 4) is 0 Å². The molecular weight excluding hydrogens is 384 g/mol. The van der Waals surface area contributed by atoms with Crippen molar-refractivity contribution >= 4 is 0 Å². The zero-order valence-corrected chi connectivity index (χ0v) is 23.5. The lowest BCUT2D eigenvalue weighted by molar-refractivity contribution is 0.238. The largest absolute Gasteiger partial charge is 0.0654 e. The summed E-state index contributed by atoms with van der Waals surface area (Å²) < 4.78 is 0. The van der Waals surface area contributed by atoms with Gasteiger partial charge < -0.3 is 0 Å². The molecule has 0 heteroatoms. The van der Waals surface area contributed by atoms with Gasteiger partial charge in [-0.05, 0) is 11.8 Å². The minimum absolute atomic E-state index is 1.03. The fourth-order valence-corrected chi connectivity index (χ4v) is 5.61. The average Bonchev–Trinajstić information content (AvgIpc) is 2.81. The maximum atomic E-state index is 2.39. The second-order valence-corrected chi connectivity index (χ2v) is 11.0. The Labute approximate surface area is 206 Å². The lowest BCUT2D eigenvalue weighted by Crippen LogP contribution is -2.16. The molecule has 0 rings (SSSR count). The van der Waals surface area contributed by atoms with Gasteiger partial charge in [-0.1, -0.05) is 195 Å². The monoisotopic (exact) mass is 451 g/mol. The topological polar surface area (TPSA) is 0 Å². The second-order valence-electron chi connectivity index (χ2n) is 11.0. The van der Waals surface area contributed by atoms with E-state index in [9.17, 15) is 0 Å². The van der Waals surface area contributed by atoms with Crippen molar-refractivity contribution < 1.29 is 0 Å². The van der Waals surface area contributed by atoms with Gasteiger partial charge in [0, 0.05) is 0 Å². The molecule has 0 N–H and O–H groups in total. The minimum Gasteiger partial charge on any atom is -0.0654 e. The van der Waals surface area contributed by atoms with Crippen LogP contribution >= 0.6 is 0 Å². The molecule has 0 bridgehead atoms. The number of rotatable bonds is 27. The lowest BCUT2D eigenvalue weighted by atomic mass is 9.78. The predicted molar refractivity (Wildman–Crippen MR) is 150 cm³/mol. The van der Waals surface area contributed by atoms with E-state index in [1.807, 2.05) is 0 Å². The molecule has 0 aromatic rings. The molecule has 0 aliphatic carbocycles. The maximum Gasteiger partial charge on any atom is -0.0386 e. The van der Waals surface area contributed by atoms with E-state index in [1.54, 1.807) is 0 Å². The summed E-state index contributed by atoms with van der Waals surface area (Å²) in [5.41, 5.74) is 0. The third kappa shape index (κ3) is 21.8. The van der Waals surface area contributed by atoms with Gasteiger partial charge in [0.2, 0.25) is 0 Å². The van der Waals surface area contributed by atoms with Crippen LogP contribution in [0.25, 0.3) is 0 Å². The van der Waals surface area contributed by atoms with E-state index in [4.69, 9.17) is 0 Å². The summed E-state index contributed by atoms with van der Waals surface area (Å²) in [5, 5.41) is 0. The van der Waals surface area contributed by atoms with Gasteiger partial charge in [-0.3, -0.25) is 0 Å². The van der Waals surface area contributed by atoms with E-state index >= 15 is 0 Å². The van der Waals surface area contributed by atoms with Crippen molar-refractivity contribution in [1.82, 2.24) is 0 Å². The molecule has 194 valence electrons. The van der Waals surface area contributed by atoms with Crippen LogP contribution in [0, 0.1) is 11.8 Å². The zero-order valence-electron chi connectivity index (χ0n) is 23.5. The standard InChI is InChI=1S/C32H66/c1-5-9-13-16-19-20-23-26-30-32(29-25-22-18-15-11-7-3)31(27-12-8-4)28-24-21-17-14-10-6-2/h31-32H,5-30H2,1-4H3. The first-order valence-corrected chi connectivity index (χ1v) is 15.8. The Morgan fingerprint density at radius 2 is 0.469 bits per heavy atom. The molecule has 0 saturated heterocycles. The highest BCUT2D eigenvalue weighted by Crippen LogP contribution is 2.33. The summed E-state index contributed by atoms with van der Waals surface area (Å²) in [6.07, 6.45) is 38.2. The highest BCUT2D eigenvalue weighted by molar-refractivity contribution is 4.72. The molecule has 32 heavy (non-hydrogen) atoms. The van der Waals surface area contributed by atoms with Crippen molar-refractivity contribution in [3.63, 3.8) is 0 Å². The molecule has 0 radical (unpaired) electrons. The fraction of sp³-hybridized carbons (Fsp3) is 1.00. The van der Waals surface area contributed by atoms with E-state index in [0.717, 1.165) is 11.8 Å². The predicted octanol–water partition coefficient (Wildman–Crippen LogP) is 12.4. The normalized spacial score (nSPS) is 13.5. The van der Waals surface area contributed by atoms with Crippen LogP contribution < -0.4 is 0 Å². The first-order chi connectivity index (χ1) is 15.8. The van der Waals surface area contributed by atoms with Gasteiger partial charge in [-0.2, -0.15) is 0 Å². The molecule has 0 nitrogen and oxygen atoms in total. The van der Waals surface area contributed by atoms with Gasteiger partial charge in [0.05, 0.1) is 0 Å². The van der Waals surface area contributed by atoms with Gasteiger partial charge in [0.25, 0.3) is 0 Å². The first-order valence-electron chi connectivity index (χ1n) is 15.8. The highest BCUT2D eigenvalue weighted by Gasteiger charge is 2.20. The average molecular weight is 451 g/mol. The molecular formula is C32H66.